The Morgan fingerprint density at radius 1 is 1.23 bits per heavy atom. The fourth-order valence-corrected chi connectivity index (χ4v) is 2.89. The van der Waals surface area contributed by atoms with Crippen LogP contribution >= 0.6 is 0 Å². The first-order valence-corrected chi connectivity index (χ1v) is 8.07. The molecule has 0 bridgehead atoms. The summed E-state index contributed by atoms with van der Waals surface area (Å²) in [7, 11) is 1.91. The topological polar surface area (TPSA) is 53.9 Å². The van der Waals surface area contributed by atoms with Crippen LogP contribution in [0, 0.1) is 5.92 Å². The molecule has 1 fully saturated rings. The van der Waals surface area contributed by atoms with Gasteiger partial charge in [-0.05, 0) is 52.6 Å². The van der Waals surface area contributed by atoms with Gasteiger partial charge in [0.15, 0.2) is 0 Å². The van der Waals surface area contributed by atoms with Crippen LogP contribution in [0.5, 0.6) is 0 Å². The Labute approximate surface area is 133 Å². The summed E-state index contributed by atoms with van der Waals surface area (Å²) in [5.74, 6) is 0.226. The number of nitrogens with one attached hydrogen (secondary N) is 1. The van der Waals surface area contributed by atoms with Crippen LogP contribution in [0.2, 0.25) is 0 Å². The molecule has 1 aliphatic carbocycles. The monoisotopic (exact) mass is 304 g/mol. The number of aliphatic hydroxyl groups excluding tert-OH is 1. The number of aliphatic hydroxyl groups is 1. The predicted molar refractivity (Wildman–Crippen MR) is 90.0 cm³/mol. The first kappa shape index (κ1) is 17.0. The molecule has 4 nitrogen and oxygen atoms in total. The van der Waals surface area contributed by atoms with E-state index >= 15 is 0 Å². The molecule has 122 valence electrons. The van der Waals surface area contributed by atoms with Gasteiger partial charge in [0.2, 0.25) is 0 Å². The van der Waals surface area contributed by atoms with Gasteiger partial charge in [0.1, 0.15) is 5.60 Å². The molecule has 1 aromatic carbocycles. The molecule has 0 saturated heterocycles. The van der Waals surface area contributed by atoms with Crippen molar-refractivity contribution < 1.29 is 9.94 Å². The molecule has 0 unspecified atom stereocenters. The molecule has 1 aliphatic rings. The molecule has 22 heavy (non-hydrogen) atoms. The van der Waals surface area contributed by atoms with E-state index in [1.54, 1.807) is 0 Å². The van der Waals surface area contributed by atoms with Crippen molar-refractivity contribution >= 4 is 5.71 Å². The Balaban J connectivity index is 2.22. The lowest BCUT2D eigenvalue weighted by molar-refractivity contribution is -0.000752. The van der Waals surface area contributed by atoms with Crippen molar-refractivity contribution in [3.05, 3.63) is 35.9 Å². The summed E-state index contributed by atoms with van der Waals surface area (Å²) in [6.07, 6.45) is 2.33. The van der Waals surface area contributed by atoms with Gasteiger partial charge in [-0.25, -0.2) is 0 Å². The highest BCUT2D eigenvalue weighted by molar-refractivity contribution is 6.02. The number of rotatable bonds is 4. The van der Waals surface area contributed by atoms with Gasteiger partial charge in [-0.15, -0.1) is 0 Å². The average Bonchev–Trinajstić information content (AvgIpc) is 2.47. The van der Waals surface area contributed by atoms with E-state index in [0.29, 0.717) is 6.42 Å². The SMILES string of the molecule is CN[C@@H]1CC[C@H](/C(=N/OC(C)(C)C)c2ccccc2)C[C@H]1O. The molecule has 3 atom stereocenters. The number of hydrogen-bond donors (Lipinski definition) is 2. The summed E-state index contributed by atoms with van der Waals surface area (Å²) in [5.41, 5.74) is 1.71. The average molecular weight is 304 g/mol. The van der Waals surface area contributed by atoms with Crippen LogP contribution in [0.4, 0.5) is 0 Å². The number of benzene rings is 1. The zero-order valence-corrected chi connectivity index (χ0v) is 14.0. The van der Waals surface area contributed by atoms with Crippen molar-refractivity contribution in [1.82, 2.24) is 5.32 Å². The van der Waals surface area contributed by atoms with Crippen LogP contribution < -0.4 is 5.32 Å². The van der Waals surface area contributed by atoms with Crippen LogP contribution in [0.1, 0.15) is 45.6 Å². The third-order valence-electron chi connectivity index (χ3n) is 4.06. The summed E-state index contributed by atoms with van der Waals surface area (Å²) >= 11 is 0. The largest absolute Gasteiger partial charge is 0.391 e. The second kappa shape index (κ2) is 7.25. The molecule has 1 saturated carbocycles. The summed E-state index contributed by atoms with van der Waals surface area (Å²) < 4.78 is 0. The first-order valence-electron chi connectivity index (χ1n) is 8.07. The van der Waals surface area contributed by atoms with Crippen LogP contribution in [-0.2, 0) is 4.84 Å². The molecule has 2 N–H and O–H groups in total. The Kier molecular flexibility index (Phi) is 5.59. The lowest BCUT2D eigenvalue weighted by Gasteiger charge is -2.33. The quantitative estimate of drug-likeness (QED) is 0.664. The highest BCUT2D eigenvalue weighted by atomic mass is 16.6. The normalized spacial score (nSPS) is 26.8. The van der Waals surface area contributed by atoms with E-state index in [2.05, 4.69) is 22.6 Å². The van der Waals surface area contributed by atoms with Crippen LogP contribution in [0.15, 0.2) is 35.5 Å². The van der Waals surface area contributed by atoms with E-state index in [1.807, 2.05) is 46.0 Å². The van der Waals surface area contributed by atoms with Crippen LogP contribution in [0.25, 0.3) is 0 Å². The van der Waals surface area contributed by atoms with Crippen molar-refractivity contribution in [1.29, 1.82) is 0 Å². The maximum Gasteiger partial charge on any atom is 0.129 e. The van der Waals surface area contributed by atoms with Gasteiger partial charge in [0, 0.05) is 12.0 Å². The molecular formula is C18H28N2O2. The first-order chi connectivity index (χ1) is 10.4. The third kappa shape index (κ3) is 4.55. The van der Waals surface area contributed by atoms with Gasteiger partial charge in [0.25, 0.3) is 0 Å². The van der Waals surface area contributed by atoms with Gasteiger partial charge >= 0.3 is 0 Å². The van der Waals surface area contributed by atoms with Crippen molar-refractivity contribution in [2.45, 2.75) is 57.8 Å². The Morgan fingerprint density at radius 3 is 2.45 bits per heavy atom. The molecule has 2 rings (SSSR count). The Morgan fingerprint density at radius 2 is 1.91 bits per heavy atom. The predicted octanol–water partition coefficient (Wildman–Crippen LogP) is 2.95. The molecule has 4 heteroatoms. The second-order valence-corrected chi connectivity index (χ2v) is 7.02. The summed E-state index contributed by atoms with van der Waals surface area (Å²) in [6.45, 7) is 5.98. The molecule has 0 spiro atoms. The molecule has 0 radical (unpaired) electrons. The minimum absolute atomic E-state index is 0.178. The number of nitrogens with zero attached hydrogens (tertiary/aromatic N) is 1. The summed E-state index contributed by atoms with van der Waals surface area (Å²) in [4.78, 5) is 5.68. The zero-order valence-electron chi connectivity index (χ0n) is 14.0. The van der Waals surface area contributed by atoms with Gasteiger partial charge in [0.05, 0.1) is 11.8 Å². The summed E-state index contributed by atoms with van der Waals surface area (Å²) in [6, 6.07) is 10.3. The fraction of sp³-hybridized carbons (Fsp3) is 0.611. The van der Waals surface area contributed by atoms with E-state index in [9.17, 15) is 5.11 Å². The zero-order chi connectivity index (χ0) is 16.2. The van der Waals surface area contributed by atoms with E-state index in [0.717, 1.165) is 24.1 Å². The summed E-state index contributed by atoms with van der Waals surface area (Å²) in [5, 5.41) is 18.0. The molecule has 1 aromatic rings. The van der Waals surface area contributed by atoms with Crippen molar-refractivity contribution in [2.24, 2.45) is 11.1 Å². The Hall–Kier alpha value is -1.39. The van der Waals surface area contributed by atoms with Gasteiger partial charge < -0.3 is 15.3 Å². The maximum atomic E-state index is 10.3. The fourth-order valence-electron chi connectivity index (χ4n) is 2.89. The lowest BCUT2D eigenvalue weighted by Crippen LogP contribution is -2.44. The molecule has 0 aliphatic heterocycles. The van der Waals surface area contributed by atoms with Gasteiger partial charge in [-0.3, -0.25) is 0 Å². The molecule has 0 amide bonds. The number of oxime groups is 1. The maximum absolute atomic E-state index is 10.3. The highest BCUT2D eigenvalue weighted by Gasteiger charge is 2.32. The van der Waals surface area contributed by atoms with Crippen molar-refractivity contribution in [2.75, 3.05) is 7.05 Å². The van der Waals surface area contributed by atoms with Crippen LogP contribution in [0.3, 0.4) is 0 Å². The van der Waals surface area contributed by atoms with Gasteiger partial charge in [-0.2, -0.15) is 0 Å². The lowest BCUT2D eigenvalue weighted by atomic mass is 9.79. The minimum Gasteiger partial charge on any atom is -0.391 e. The van der Waals surface area contributed by atoms with Crippen molar-refractivity contribution in [3.8, 4) is 0 Å². The number of hydrogen-bond acceptors (Lipinski definition) is 4. The van der Waals surface area contributed by atoms with Crippen LogP contribution in [-0.4, -0.2) is 35.6 Å². The van der Waals surface area contributed by atoms with E-state index in [-0.39, 0.29) is 23.7 Å². The van der Waals surface area contributed by atoms with Gasteiger partial charge in [-0.1, -0.05) is 35.5 Å². The third-order valence-corrected chi connectivity index (χ3v) is 4.06. The van der Waals surface area contributed by atoms with E-state index in [1.165, 1.54) is 0 Å². The number of likely N-dealkylation sites (N-methyl/N-ethyl adjacent to an activating group) is 1. The van der Waals surface area contributed by atoms with Crippen molar-refractivity contribution in [3.63, 3.8) is 0 Å². The standard InChI is InChI=1S/C18H28N2O2/c1-18(2,3)22-20-17(13-8-6-5-7-9-13)14-10-11-15(19-4)16(21)12-14/h5-9,14-16,19,21H,10-12H2,1-4H3/b20-17+/t14-,15+,16+/m0/s1. The highest BCUT2D eigenvalue weighted by Crippen LogP contribution is 2.29. The molecule has 0 aromatic heterocycles. The smallest absolute Gasteiger partial charge is 0.129 e. The Bertz CT molecular complexity index is 494. The minimum atomic E-state index is -0.340. The van der Waals surface area contributed by atoms with E-state index in [4.69, 9.17) is 4.84 Å². The van der Waals surface area contributed by atoms with E-state index < -0.39 is 0 Å². The molecule has 0 heterocycles. The molecular weight excluding hydrogens is 276 g/mol. The second-order valence-electron chi connectivity index (χ2n) is 7.02.